The van der Waals surface area contributed by atoms with Crippen LogP contribution < -0.4 is 21.7 Å². The highest BCUT2D eigenvalue weighted by Crippen LogP contribution is 2.18. The fourth-order valence-electron chi connectivity index (χ4n) is 2.93. The van der Waals surface area contributed by atoms with Crippen LogP contribution in [-0.2, 0) is 11.3 Å². The molecule has 0 heterocycles. The summed E-state index contributed by atoms with van der Waals surface area (Å²) in [4.78, 5) is 27.2. The van der Waals surface area contributed by atoms with Crippen LogP contribution in [0.15, 0.2) is 29.3 Å². The number of aliphatic imine (C=N–C) groups is 1. The number of hydrogen-bond acceptors (Lipinski definition) is 4. The zero-order valence-corrected chi connectivity index (χ0v) is 18.4. The number of aliphatic hydroxyl groups excluding tert-OH is 1. The molecule has 2 rings (SSSR count). The molecule has 0 atom stereocenters. The minimum absolute atomic E-state index is 0. The number of primary amides is 1. The van der Waals surface area contributed by atoms with E-state index in [1.807, 2.05) is 19.1 Å². The van der Waals surface area contributed by atoms with E-state index in [4.69, 9.17) is 5.73 Å². The molecular weight excluding hydrogens is 473 g/mol. The van der Waals surface area contributed by atoms with Gasteiger partial charge in [0, 0.05) is 18.2 Å². The smallest absolute Gasteiger partial charge is 0.251 e. The molecule has 0 aliphatic heterocycles. The standard InChI is InChI=1S/C19H29N5O3.HI/c1-2-21-19(24-15-7-9-16(25)10-8-15)23-11-13-3-5-14(6-4-13)18(27)22-12-17(20)26;/h3-6,15-16,25H,2,7-12H2,1H3,(H2,20,26)(H,22,27)(H2,21,23,24);1H. The van der Waals surface area contributed by atoms with Crippen LogP contribution in [0.5, 0.6) is 0 Å². The normalized spacial score (nSPS) is 19.3. The van der Waals surface area contributed by atoms with Crippen LogP contribution >= 0.6 is 24.0 Å². The van der Waals surface area contributed by atoms with Crippen LogP contribution in [0.1, 0.15) is 48.5 Å². The lowest BCUT2D eigenvalue weighted by molar-refractivity contribution is -0.117. The molecule has 2 amide bonds. The Morgan fingerprint density at radius 2 is 1.79 bits per heavy atom. The van der Waals surface area contributed by atoms with Gasteiger partial charge in [-0.3, -0.25) is 9.59 Å². The predicted molar refractivity (Wildman–Crippen MR) is 120 cm³/mol. The fraction of sp³-hybridized carbons (Fsp3) is 0.526. The summed E-state index contributed by atoms with van der Waals surface area (Å²) >= 11 is 0. The van der Waals surface area contributed by atoms with Crippen molar-refractivity contribution in [1.29, 1.82) is 0 Å². The van der Waals surface area contributed by atoms with Crippen molar-refractivity contribution in [2.75, 3.05) is 13.1 Å². The molecule has 0 spiro atoms. The number of carbonyl (C=O) groups is 2. The maximum atomic E-state index is 11.9. The molecule has 0 aromatic heterocycles. The Kier molecular flexibility index (Phi) is 10.8. The lowest BCUT2D eigenvalue weighted by Gasteiger charge is -2.27. The zero-order valence-electron chi connectivity index (χ0n) is 16.1. The van der Waals surface area contributed by atoms with Gasteiger partial charge in [-0.1, -0.05) is 12.1 Å². The number of rotatable bonds is 7. The molecule has 9 heteroatoms. The van der Waals surface area contributed by atoms with Gasteiger partial charge in [-0.25, -0.2) is 4.99 Å². The molecule has 28 heavy (non-hydrogen) atoms. The second kappa shape index (κ2) is 12.6. The molecule has 1 aliphatic rings. The topological polar surface area (TPSA) is 129 Å². The number of aliphatic hydroxyl groups is 1. The third-order valence-electron chi connectivity index (χ3n) is 4.44. The summed E-state index contributed by atoms with van der Waals surface area (Å²) < 4.78 is 0. The molecule has 1 aromatic rings. The van der Waals surface area contributed by atoms with Crippen LogP contribution in [0.25, 0.3) is 0 Å². The van der Waals surface area contributed by atoms with E-state index in [9.17, 15) is 14.7 Å². The number of amides is 2. The number of guanidine groups is 1. The Bertz CT molecular complexity index is 658. The van der Waals surface area contributed by atoms with Gasteiger partial charge in [-0.05, 0) is 50.3 Å². The Morgan fingerprint density at radius 3 is 2.36 bits per heavy atom. The molecule has 8 nitrogen and oxygen atoms in total. The van der Waals surface area contributed by atoms with Gasteiger partial charge in [0.1, 0.15) is 0 Å². The largest absolute Gasteiger partial charge is 0.393 e. The van der Waals surface area contributed by atoms with Crippen molar-refractivity contribution in [2.24, 2.45) is 10.7 Å². The van der Waals surface area contributed by atoms with Crippen molar-refractivity contribution >= 4 is 41.8 Å². The van der Waals surface area contributed by atoms with Crippen molar-refractivity contribution in [3.05, 3.63) is 35.4 Å². The SMILES string of the molecule is CCNC(=NCc1ccc(C(=O)NCC(N)=O)cc1)NC1CCC(O)CC1.I. The predicted octanol–water partition coefficient (Wildman–Crippen LogP) is 0.878. The first kappa shape index (κ1) is 24.2. The summed E-state index contributed by atoms with van der Waals surface area (Å²) in [5, 5.41) is 18.7. The third kappa shape index (κ3) is 8.42. The van der Waals surface area contributed by atoms with Crippen molar-refractivity contribution in [1.82, 2.24) is 16.0 Å². The molecule has 1 fully saturated rings. The summed E-state index contributed by atoms with van der Waals surface area (Å²) in [5.41, 5.74) is 6.45. The molecule has 0 bridgehead atoms. The Labute approximate surface area is 182 Å². The summed E-state index contributed by atoms with van der Waals surface area (Å²) in [6.07, 6.45) is 3.31. The van der Waals surface area contributed by atoms with Gasteiger partial charge in [0.25, 0.3) is 5.91 Å². The average molecular weight is 503 g/mol. The Morgan fingerprint density at radius 1 is 1.14 bits per heavy atom. The zero-order chi connectivity index (χ0) is 19.6. The van der Waals surface area contributed by atoms with E-state index < -0.39 is 5.91 Å². The van der Waals surface area contributed by atoms with E-state index in [-0.39, 0.29) is 42.5 Å². The summed E-state index contributed by atoms with van der Waals surface area (Å²) in [5.74, 6) is -0.161. The molecule has 1 aliphatic carbocycles. The molecule has 0 saturated heterocycles. The quantitative estimate of drug-likeness (QED) is 0.214. The van der Waals surface area contributed by atoms with Crippen LogP contribution in [0.4, 0.5) is 0 Å². The maximum absolute atomic E-state index is 11.9. The van der Waals surface area contributed by atoms with Gasteiger partial charge in [-0.15, -0.1) is 24.0 Å². The van der Waals surface area contributed by atoms with Crippen LogP contribution in [0, 0.1) is 0 Å². The maximum Gasteiger partial charge on any atom is 0.251 e. The van der Waals surface area contributed by atoms with E-state index in [1.165, 1.54) is 0 Å². The lowest BCUT2D eigenvalue weighted by atomic mass is 9.93. The summed E-state index contributed by atoms with van der Waals surface area (Å²) in [6, 6.07) is 7.39. The van der Waals surface area contributed by atoms with E-state index in [1.54, 1.807) is 12.1 Å². The average Bonchev–Trinajstić information content (AvgIpc) is 2.66. The number of carbonyl (C=O) groups excluding carboxylic acids is 2. The molecule has 156 valence electrons. The van der Waals surface area contributed by atoms with Gasteiger partial charge >= 0.3 is 0 Å². The molecule has 0 radical (unpaired) electrons. The van der Waals surface area contributed by atoms with E-state index in [0.717, 1.165) is 43.8 Å². The monoisotopic (exact) mass is 503 g/mol. The van der Waals surface area contributed by atoms with Crippen molar-refractivity contribution in [2.45, 2.75) is 51.3 Å². The molecule has 0 unspecified atom stereocenters. The number of nitrogens with one attached hydrogen (secondary N) is 3. The Hall–Kier alpha value is -1.88. The van der Waals surface area contributed by atoms with E-state index in [0.29, 0.717) is 18.2 Å². The van der Waals surface area contributed by atoms with E-state index in [2.05, 4.69) is 20.9 Å². The van der Waals surface area contributed by atoms with Crippen molar-refractivity contribution < 1.29 is 14.7 Å². The fourth-order valence-corrected chi connectivity index (χ4v) is 2.93. The summed E-state index contributed by atoms with van der Waals surface area (Å²) in [6.45, 7) is 3.08. The third-order valence-corrected chi connectivity index (χ3v) is 4.44. The molecular formula is C19H30IN5O3. The molecule has 1 saturated carbocycles. The van der Waals surface area contributed by atoms with Crippen LogP contribution in [-0.4, -0.2) is 48.1 Å². The molecule has 6 N–H and O–H groups in total. The second-order valence-electron chi connectivity index (χ2n) is 6.69. The lowest BCUT2D eigenvalue weighted by Crippen LogP contribution is -2.45. The highest BCUT2D eigenvalue weighted by molar-refractivity contribution is 14.0. The van der Waals surface area contributed by atoms with Crippen molar-refractivity contribution in [3.63, 3.8) is 0 Å². The van der Waals surface area contributed by atoms with Crippen LogP contribution in [0.2, 0.25) is 0 Å². The highest BCUT2D eigenvalue weighted by Gasteiger charge is 2.19. The van der Waals surface area contributed by atoms with Gasteiger partial charge < -0.3 is 26.8 Å². The first-order valence-corrected chi connectivity index (χ1v) is 9.36. The van der Waals surface area contributed by atoms with Gasteiger partial charge in [0.05, 0.1) is 19.2 Å². The Balaban J connectivity index is 0.00000392. The van der Waals surface area contributed by atoms with Crippen molar-refractivity contribution in [3.8, 4) is 0 Å². The van der Waals surface area contributed by atoms with Gasteiger partial charge in [0.15, 0.2) is 5.96 Å². The minimum Gasteiger partial charge on any atom is -0.393 e. The van der Waals surface area contributed by atoms with Gasteiger partial charge in [0.2, 0.25) is 5.91 Å². The second-order valence-corrected chi connectivity index (χ2v) is 6.69. The number of hydrogen-bond donors (Lipinski definition) is 5. The summed E-state index contributed by atoms with van der Waals surface area (Å²) in [7, 11) is 0. The van der Waals surface area contributed by atoms with E-state index >= 15 is 0 Å². The van der Waals surface area contributed by atoms with Crippen LogP contribution in [0.3, 0.4) is 0 Å². The molecule has 1 aromatic carbocycles. The number of nitrogens with zero attached hydrogens (tertiary/aromatic N) is 1. The minimum atomic E-state index is -0.578. The van der Waals surface area contributed by atoms with Gasteiger partial charge in [-0.2, -0.15) is 0 Å². The number of halogens is 1. The first-order chi connectivity index (χ1) is 13.0. The number of benzene rings is 1. The number of nitrogens with two attached hydrogens (primary N) is 1. The first-order valence-electron chi connectivity index (χ1n) is 9.36. The highest BCUT2D eigenvalue weighted by atomic mass is 127.